The number of methoxy groups -OCH3 is 1. The highest BCUT2D eigenvalue weighted by Crippen LogP contribution is 2.33. The van der Waals surface area contributed by atoms with E-state index in [4.69, 9.17) is 4.74 Å². The van der Waals surface area contributed by atoms with E-state index in [9.17, 15) is 4.79 Å². The number of aromatic amines is 1. The molecule has 1 saturated heterocycles. The highest BCUT2D eigenvalue weighted by molar-refractivity contribution is 5.86. The molecule has 5 heteroatoms. The SMILES string of the molecule is COC(=O)c1cnc(C2(C)CCCO2)[nH]1. The largest absolute Gasteiger partial charge is 0.464 e. The number of H-pyrrole nitrogens is 1. The van der Waals surface area contributed by atoms with Gasteiger partial charge in [-0.3, -0.25) is 0 Å². The van der Waals surface area contributed by atoms with Gasteiger partial charge in [0.2, 0.25) is 0 Å². The normalized spacial score (nSPS) is 25.5. The minimum absolute atomic E-state index is 0.365. The maximum atomic E-state index is 11.2. The summed E-state index contributed by atoms with van der Waals surface area (Å²) in [6.45, 7) is 2.71. The van der Waals surface area contributed by atoms with Gasteiger partial charge in [-0.05, 0) is 19.8 Å². The number of ether oxygens (including phenoxy) is 2. The number of rotatable bonds is 2. The molecule has 2 rings (SSSR count). The summed E-state index contributed by atoms with van der Waals surface area (Å²) >= 11 is 0. The van der Waals surface area contributed by atoms with Gasteiger partial charge in [-0.1, -0.05) is 0 Å². The van der Waals surface area contributed by atoms with Crippen LogP contribution in [0, 0.1) is 0 Å². The molecular weight excluding hydrogens is 196 g/mol. The van der Waals surface area contributed by atoms with Crippen molar-refractivity contribution >= 4 is 5.97 Å². The predicted octanol–water partition coefficient (Wildman–Crippen LogP) is 1.22. The highest BCUT2D eigenvalue weighted by atomic mass is 16.5. The van der Waals surface area contributed by atoms with E-state index in [2.05, 4.69) is 14.7 Å². The lowest BCUT2D eigenvalue weighted by atomic mass is 10.0. The zero-order valence-corrected chi connectivity index (χ0v) is 8.87. The summed E-state index contributed by atoms with van der Waals surface area (Å²) in [7, 11) is 1.34. The molecule has 1 aliphatic rings. The highest BCUT2D eigenvalue weighted by Gasteiger charge is 2.35. The molecule has 0 aromatic carbocycles. The number of aromatic nitrogens is 2. The van der Waals surface area contributed by atoms with Crippen LogP contribution in [0.3, 0.4) is 0 Å². The van der Waals surface area contributed by atoms with Crippen LogP contribution in [0.4, 0.5) is 0 Å². The molecule has 0 amide bonds. The molecule has 0 bridgehead atoms. The molecular formula is C10H14N2O3. The van der Waals surface area contributed by atoms with Crippen LogP contribution in [0.1, 0.15) is 36.1 Å². The number of hydrogen-bond donors (Lipinski definition) is 1. The minimum Gasteiger partial charge on any atom is -0.464 e. The van der Waals surface area contributed by atoms with E-state index in [1.165, 1.54) is 13.3 Å². The summed E-state index contributed by atoms with van der Waals surface area (Å²) in [4.78, 5) is 18.3. The van der Waals surface area contributed by atoms with E-state index in [-0.39, 0.29) is 5.60 Å². The van der Waals surface area contributed by atoms with Crippen LogP contribution in [-0.2, 0) is 15.1 Å². The topological polar surface area (TPSA) is 64.2 Å². The fourth-order valence-corrected chi connectivity index (χ4v) is 1.77. The minimum atomic E-state index is -0.407. The number of nitrogens with zero attached hydrogens (tertiary/aromatic N) is 1. The lowest BCUT2D eigenvalue weighted by Gasteiger charge is -2.19. The summed E-state index contributed by atoms with van der Waals surface area (Å²) in [6, 6.07) is 0. The van der Waals surface area contributed by atoms with Crippen molar-refractivity contribution in [3.8, 4) is 0 Å². The Kier molecular flexibility index (Phi) is 2.48. The number of carbonyl (C=O) groups excluding carboxylic acids is 1. The summed E-state index contributed by atoms with van der Waals surface area (Å²) in [5, 5.41) is 0. The molecule has 0 aliphatic carbocycles. The van der Waals surface area contributed by atoms with Gasteiger partial charge < -0.3 is 14.5 Å². The van der Waals surface area contributed by atoms with Crippen LogP contribution < -0.4 is 0 Å². The average Bonchev–Trinajstić information content (AvgIpc) is 2.85. The predicted molar refractivity (Wildman–Crippen MR) is 52.5 cm³/mol. The first-order chi connectivity index (χ1) is 7.15. The number of hydrogen-bond acceptors (Lipinski definition) is 4. The van der Waals surface area contributed by atoms with Crippen LogP contribution >= 0.6 is 0 Å². The lowest BCUT2D eigenvalue weighted by molar-refractivity contribution is 0.00990. The average molecular weight is 210 g/mol. The standard InChI is InChI=1S/C10H14N2O3/c1-10(4-3-5-15-10)9-11-6-7(12-9)8(13)14-2/h6H,3-5H2,1-2H3,(H,11,12). The Morgan fingerprint density at radius 1 is 1.73 bits per heavy atom. The molecule has 1 aromatic rings. The zero-order valence-electron chi connectivity index (χ0n) is 8.87. The molecule has 15 heavy (non-hydrogen) atoms. The van der Waals surface area contributed by atoms with E-state index in [0.717, 1.165) is 19.4 Å². The van der Waals surface area contributed by atoms with Gasteiger partial charge in [0, 0.05) is 6.61 Å². The van der Waals surface area contributed by atoms with Crippen molar-refractivity contribution in [3.63, 3.8) is 0 Å². The van der Waals surface area contributed by atoms with Crippen molar-refractivity contribution in [2.24, 2.45) is 0 Å². The first-order valence-electron chi connectivity index (χ1n) is 4.93. The van der Waals surface area contributed by atoms with Crippen molar-refractivity contribution < 1.29 is 14.3 Å². The number of esters is 1. The van der Waals surface area contributed by atoms with Crippen LogP contribution in [0.25, 0.3) is 0 Å². The Labute approximate surface area is 87.8 Å². The fraction of sp³-hybridized carbons (Fsp3) is 0.600. The van der Waals surface area contributed by atoms with Gasteiger partial charge in [0.15, 0.2) is 0 Å². The number of carbonyl (C=O) groups is 1. The molecule has 1 fully saturated rings. The van der Waals surface area contributed by atoms with E-state index < -0.39 is 5.97 Å². The molecule has 1 N–H and O–H groups in total. The Hall–Kier alpha value is -1.36. The monoisotopic (exact) mass is 210 g/mol. The third kappa shape index (κ3) is 1.74. The Balaban J connectivity index is 2.23. The third-order valence-corrected chi connectivity index (χ3v) is 2.70. The molecule has 0 saturated carbocycles. The maximum Gasteiger partial charge on any atom is 0.356 e. The second kappa shape index (κ2) is 3.66. The second-order valence-electron chi connectivity index (χ2n) is 3.82. The van der Waals surface area contributed by atoms with Gasteiger partial charge in [-0.2, -0.15) is 0 Å². The Bertz CT molecular complexity index is 366. The van der Waals surface area contributed by atoms with Crippen LogP contribution in [0.15, 0.2) is 6.20 Å². The molecule has 2 heterocycles. The van der Waals surface area contributed by atoms with Crippen molar-refractivity contribution in [2.75, 3.05) is 13.7 Å². The maximum absolute atomic E-state index is 11.2. The van der Waals surface area contributed by atoms with Crippen molar-refractivity contribution in [3.05, 3.63) is 17.7 Å². The molecule has 1 aliphatic heterocycles. The lowest BCUT2D eigenvalue weighted by Crippen LogP contribution is -2.21. The zero-order chi connectivity index (χ0) is 10.9. The first kappa shape index (κ1) is 10.2. The van der Waals surface area contributed by atoms with Crippen LogP contribution in [0.2, 0.25) is 0 Å². The molecule has 1 unspecified atom stereocenters. The fourth-order valence-electron chi connectivity index (χ4n) is 1.77. The molecule has 82 valence electrons. The van der Waals surface area contributed by atoms with Gasteiger partial charge >= 0.3 is 5.97 Å². The van der Waals surface area contributed by atoms with Gasteiger partial charge in [0.1, 0.15) is 17.1 Å². The smallest absolute Gasteiger partial charge is 0.356 e. The summed E-state index contributed by atoms with van der Waals surface area (Å²) in [6.07, 6.45) is 3.42. The Morgan fingerprint density at radius 2 is 2.53 bits per heavy atom. The summed E-state index contributed by atoms with van der Waals surface area (Å²) in [5.74, 6) is 0.288. The Morgan fingerprint density at radius 3 is 3.13 bits per heavy atom. The van der Waals surface area contributed by atoms with Gasteiger partial charge in [0.05, 0.1) is 13.3 Å². The van der Waals surface area contributed by atoms with Crippen molar-refractivity contribution in [1.82, 2.24) is 9.97 Å². The van der Waals surface area contributed by atoms with E-state index in [1.807, 2.05) is 6.92 Å². The van der Waals surface area contributed by atoms with E-state index in [0.29, 0.717) is 11.5 Å². The van der Waals surface area contributed by atoms with Crippen molar-refractivity contribution in [2.45, 2.75) is 25.4 Å². The molecule has 1 atom stereocenters. The van der Waals surface area contributed by atoms with Gasteiger partial charge in [-0.15, -0.1) is 0 Å². The molecule has 0 radical (unpaired) electrons. The molecule has 5 nitrogen and oxygen atoms in total. The quantitative estimate of drug-likeness (QED) is 0.745. The third-order valence-electron chi connectivity index (χ3n) is 2.70. The van der Waals surface area contributed by atoms with Crippen LogP contribution in [0.5, 0.6) is 0 Å². The van der Waals surface area contributed by atoms with Gasteiger partial charge in [0.25, 0.3) is 0 Å². The first-order valence-corrected chi connectivity index (χ1v) is 4.93. The summed E-state index contributed by atoms with van der Waals surface area (Å²) < 4.78 is 10.2. The second-order valence-corrected chi connectivity index (χ2v) is 3.82. The van der Waals surface area contributed by atoms with Crippen molar-refractivity contribution in [1.29, 1.82) is 0 Å². The molecule has 0 spiro atoms. The number of nitrogens with one attached hydrogen (secondary N) is 1. The van der Waals surface area contributed by atoms with E-state index in [1.54, 1.807) is 0 Å². The molecule has 1 aromatic heterocycles. The van der Waals surface area contributed by atoms with E-state index >= 15 is 0 Å². The summed E-state index contributed by atoms with van der Waals surface area (Å²) in [5.41, 5.74) is -0.0176. The van der Waals surface area contributed by atoms with Crippen LogP contribution in [-0.4, -0.2) is 29.7 Å². The van der Waals surface area contributed by atoms with Gasteiger partial charge in [-0.25, -0.2) is 9.78 Å². The number of imidazole rings is 1.